The van der Waals surface area contributed by atoms with Crippen LogP contribution in [0.15, 0.2) is 12.2 Å². The molecular formula is C13H30O. The van der Waals surface area contributed by atoms with Gasteiger partial charge in [-0.05, 0) is 17.8 Å². The van der Waals surface area contributed by atoms with E-state index in [0.29, 0.717) is 5.92 Å². The minimum atomic E-state index is -0.191. The molecule has 0 aromatic rings. The van der Waals surface area contributed by atoms with Gasteiger partial charge in [-0.3, -0.25) is 0 Å². The molecular weight excluding hydrogens is 172 g/mol. The zero-order valence-electron chi connectivity index (χ0n) is 8.96. The predicted molar refractivity (Wildman–Crippen MR) is 67.5 cm³/mol. The predicted octanol–water partition coefficient (Wildman–Crippen LogP) is 4.27. The molecule has 0 bridgehead atoms. The Morgan fingerprint density at radius 2 is 1.57 bits per heavy atom. The smallest absolute Gasteiger partial charge is 0.0597 e. The van der Waals surface area contributed by atoms with Crippen LogP contribution in [0.4, 0.5) is 0 Å². The van der Waals surface area contributed by atoms with Crippen LogP contribution in [-0.2, 0) is 0 Å². The Bertz CT molecular complexity index is 140. The number of hydrogen-bond donors (Lipinski definition) is 1. The summed E-state index contributed by atoms with van der Waals surface area (Å²) in [4.78, 5) is 0. The molecule has 14 heavy (non-hydrogen) atoms. The van der Waals surface area contributed by atoms with Gasteiger partial charge in [0.15, 0.2) is 0 Å². The summed E-state index contributed by atoms with van der Waals surface area (Å²) in [5.74, 6) is 0.356. The zero-order chi connectivity index (χ0) is 9.78. The first-order valence-electron chi connectivity index (χ1n) is 4.68. The molecule has 0 radical (unpaired) electrons. The van der Waals surface area contributed by atoms with Gasteiger partial charge in [0.2, 0.25) is 0 Å². The molecule has 0 saturated heterocycles. The standard InChI is InChI=1S/C11H22O.2CH4/c1-9(2)10(12)7-6-8-11(3,4)5;;/h6,8-10,12H,7H2,1-5H3;2*1H4/t10-;;/m0../s1. The topological polar surface area (TPSA) is 20.2 Å². The number of rotatable bonds is 3. The van der Waals surface area contributed by atoms with E-state index in [1.54, 1.807) is 0 Å². The molecule has 0 spiro atoms. The Labute approximate surface area is 91.2 Å². The van der Waals surface area contributed by atoms with Crippen LogP contribution in [-0.4, -0.2) is 11.2 Å². The highest BCUT2D eigenvalue weighted by Crippen LogP contribution is 2.16. The summed E-state index contributed by atoms with van der Waals surface area (Å²) in [5.41, 5.74) is 0.233. The fourth-order valence-electron chi connectivity index (χ4n) is 0.833. The first-order valence-corrected chi connectivity index (χ1v) is 4.68. The van der Waals surface area contributed by atoms with Crippen LogP contribution in [0.5, 0.6) is 0 Å². The van der Waals surface area contributed by atoms with E-state index in [-0.39, 0.29) is 26.4 Å². The third-order valence-corrected chi connectivity index (χ3v) is 1.76. The largest absolute Gasteiger partial charge is 0.393 e. The van der Waals surface area contributed by atoms with Gasteiger partial charge in [-0.2, -0.15) is 0 Å². The molecule has 0 aromatic heterocycles. The summed E-state index contributed by atoms with van der Waals surface area (Å²) in [6.45, 7) is 10.5. The van der Waals surface area contributed by atoms with Crippen molar-refractivity contribution in [2.24, 2.45) is 11.3 Å². The van der Waals surface area contributed by atoms with Crippen LogP contribution in [0.2, 0.25) is 0 Å². The van der Waals surface area contributed by atoms with E-state index < -0.39 is 0 Å². The molecule has 0 amide bonds. The van der Waals surface area contributed by atoms with E-state index in [1.165, 1.54) is 0 Å². The van der Waals surface area contributed by atoms with Crippen molar-refractivity contribution in [3.8, 4) is 0 Å². The molecule has 0 saturated carbocycles. The van der Waals surface area contributed by atoms with Gasteiger partial charge in [0, 0.05) is 0 Å². The first kappa shape index (κ1) is 19.3. The van der Waals surface area contributed by atoms with Gasteiger partial charge in [0.1, 0.15) is 0 Å². The molecule has 0 aliphatic heterocycles. The number of aliphatic hydroxyl groups is 1. The SMILES string of the molecule is C.C.CC(C)[C@@H](O)CC=CC(C)(C)C. The van der Waals surface area contributed by atoms with E-state index in [0.717, 1.165) is 6.42 Å². The van der Waals surface area contributed by atoms with Gasteiger partial charge < -0.3 is 5.11 Å². The van der Waals surface area contributed by atoms with Crippen molar-refractivity contribution in [2.75, 3.05) is 0 Å². The van der Waals surface area contributed by atoms with Gasteiger partial charge in [0.05, 0.1) is 6.10 Å². The Balaban J connectivity index is -0.000000605. The number of allylic oxidation sites excluding steroid dienone is 1. The average Bonchev–Trinajstić information content (AvgIpc) is 1.84. The van der Waals surface area contributed by atoms with Gasteiger partial charge >= 0.3 is 0 Å². The summed E-state index contributed by atoms with van der Waals surface area (Å²) >= 11 is 0. The summed E-state index contributed by atoms with van der Waals surface area (Å²) in [7, 11) is 0. The average molecular weight is 202 g/mol. The van der Waals surface area contributed by atoms with Crippen LogP contribution < -0.4 is 0 Å². The zero-order valence-corrected chi connectivity index (χ0v) is 8.96. The van der Waals surface area contributed by atoms with Crippen LogP contribution in [0.25, 0.3) is 0 Å². The Morgan fingerprint density at radius 3 is 1.86 bits per heavy atom. The lowest BCUT2D eigenvalue weighted by atomic mass is 9.94. The lowest BCUT2D eigenvalue weighted by molar-refractivity contribution is 0.128. The molecule has 0 fully saturated rings. The second-order valence-corrected chi connectivity index (χ2v) is 4.82. The van der Waals surface area contributed by atoms with Crippen molar-refractivity contribution in [2.45, 2.75) is 62.0 Å². The monoisotopic (exact) mass is 202 g/mol. The number of hydrogen-bond acceptors (Lipinski definition) is 1. The lowest BCUT2D eigenvalue weighted by Gasteiger charge is -2.14. The molecule has 1 heteroatoms. The molecule has 0 unspecified atom stereocenters. The Morgan fingerprint density at radius 1 is 1.14 bits per heavy atom. The van der Waals surface area contributed by atoms with Crippen molar-refractivity contribution in [1.82, 2.24) is 0 Å². The molecule has 0 aromatic carbocycles. The number of aliphatic hydroxyl groups excluding tert-OH is 1. The second-order valence-electron chi connectivity index (χ2n) is 4.82. The van der Waals surface area contributed by atoms with Crippen LogP contribution in [0.3, 0.4) is 0 Å². The van der Waals surface area contributed by atoms with E-state index >= 15 is 0 Å². The fourth-order valence-corrected chi connectivity index (χ4v) is 0.833. The summed E-state index contributed by atoms with van der Waals surface area (Å²) in [6.07, 6.45) is 4.81. The summed E-state index contributed by atoms with van der Waals surface area (Å²) in [5, 5.41) is 9.47. The van der Waals surface area contributed by atoms with E-state index in [9.17, 15) is 5.11 Å². The maximum absolute atomic E-state index is 9.47. The van der Waals surface area contributed by atoms with E-state index in [1.807, 2.05) is 13.8 Å². The van der Waals surface area contributed by atoms with Gasteiger partial charge in [-0.15, -0.1) is 0 Å². The van der Waals surface area contributed by atoms with Crippen LogP contribution in [0, 0.1) is 11.3 Å². The molecule has 1 atom stereocenters. The lowest BCUT2D eigenvalue weighted by Crippen LogP contribution is -2.13. The molecule has 0 aliphatic rings. The Kier molecular flexibility index (Phi) is 11.1. The molecule has 1 nitrogen and oxygen atoms in total. The van der Waals surface area contributed by atoms with Crippen molar-refractivity contribution in [3.63, 3.8) is 0 Å². The maximum atomic E-state index is 9.47. The maximum Gasteiger partial charge on any atom is 0.0597 e. The minimum absolute atomic E-state index is 0. The Hall–Kier alpha value is -0.300. The van der Waals surface area contributed by atoms with E-state index in [2.05, 4.69) is 32.9 Å². The van der Waals surface area contributed by atoms with Crippen molar-refractivity contribution < 1.29 is 5.11 Å². The van der Waals surface area contributed by atoms with Gasteiger partial charge in [0.25, 0.3) is 0 Å². The van der Waals surface area contributed by atoms with Crippen molar-refractivity contribution in [1.29, 1.82) is 0 Å². The van der Waals surface area contributed by atoms with Gasteiger partial charge in [-0.1, -0.05) is 61.6 Å². The third-order valence-electron chi connectivity index (χ3n) is 1.76. The third kappa shape index (κ3) is 11.7. The highest BCUT2D eigenvalue weighted by molar-refractivity contribution is 4.93. The normalized spacial score (nSPS) is 13.6. The van der Waals surface area contributed by atoms with Gasteiger partial charge in [-0.25, -0.2) is 0 Å². The molecule has 0 aliphatic carbocycles. The van der Waals surface area contributed by atoms with Crippen molar-refractivity contribution in [3.05, 3.63) is 12.2 Å². The summed E-state index contributed by atoms with van der Waals surface area (Å²) in [6, 6.07) is 0. The quantitative estimate of drug-likeness (QED) is 0.678. The van der Waals surface area contributed by atoms with Crippen LogP contribution >= 0.6 is 0 Å². The molecule has 0 heterocycles. The first-order chi connectivity index (χ1) is 5.33. The summed E-state index contributed by atoms with van der Waals surface area (Å²) < 4.78 is 0. The van der Waals surface area contributed by atoms with E-state index in [4.69, 9.17) is 0 Å². The molecule has 0 rings (SSSR count). The highest BCUT2D eigenvalue weighted by atomic mass is 16.3. The highest BCUT2D eigenvalue weighted by Gasteiger charge is 2.08. The molecule has 88 valence electrons. The fraction of sp³-hybridized carbons (Fsp3) is 0.846. The molecule has 1 N–H and O–H groups in total. The second kappa shape index (κ2) is 8.05. The van der Waals surface area contributed by atoms with Crippen LogP contribution in [0.1, 0.15) is 55.9 Å². The van der Waals surface area contributed by atoms with Crippen molar-refractivity contribution >= 4 is 0 Å². The minimum Gasteiger partial charge on any atom is -0.393 e.